The Morgan fingerprint density at radius 3 is 0.918 bits per heavy atom. The van der Waals surface area contributed by atoms with E-state index < -0.39 is 0 Å². The van der Waals surface area contributed by atoms with Crippen molar-refractivity contribution in [2.75, 3.05) is 14.7 Å². The normalized spacial score (nSPS) is 11.2. The molecule has 0 radical (unpaired) electrons. The first-order chi connectivity index (χ1) is 60.3. The number of nitrogens with zero attached hydrogens (tertiary/aromatic N) is 3. The highest BCUT2D eigenvalue weighted by Gasteiger charge is 2.23. The lowest BCUT2D eigenvalue weighted by Gasteiger charge is -2.28. The number of aryl methyl sites for hydroxylation is 2. The molecule has 122 heavy (non-hydrogen) atoms. The molecule has 0 aliphatic carbocycles. The molecular weight excluding hydrogens is 1500 g/mol. The van der Waals surface area contributed by atoms with E-state index in [9.17, 15) is 0 Å². The summed E-state index contributed by atoms with van der Waals surface area (Å²) in [6.45, 7) is 4.49. The molecule has 0 bridgehead atoms. The lowest BCUT2D eigenvalue weighted by atomic mass is 9.95. The fourth-order valence-corrected chi connectivity index (χ4v) is 18.5. The van der Waals surface area contributed by atoms with Crippen LogP contribution in [0.15, 0.2) is 476 Å². The smallest absolute Gasteiger partial charge is 0.143 e. The van der Waals surface area contributed by atoms with Crippen LogP contribution in [0.1, 0.15) is 11.1 Å². The lowest BCUT2D eigenvalue weighted by Crippen LogP contribution is -2.11. The summed E-state index contributed by atoms with van der Waals surface area (Å²) in [5.41, 5.74) is 33.1. The van der Waals surface area contributed by atoms with Crippen molar-refractivity contribution in [1.82, 2.24) is 0 Å². The van der Waals surface area contributed by atoms with Gasteiger partial charge in [-0.15, -0.1) is 11.3 Å². The monoisotopic (exact) mass is 1580 g/mol. The quantitative estimate of drug-likeness (QED) is 0.0963. The largest absolute Gasteiger partial charge is 0.455 e. The van der Waals surface area contributed by atoms with Crippen LogP contribution in [0.3, 0.4) is 0 Å². The molecule has 0 unspecified atom stereocenters. The molecule has 0 aliphatic heterocycles. The Morgan fingerprint density at radius 1 is 0.180 bits per heavy atom. The number of hydrogen-bond acceptors (Lipinski definition) is 6. The standard InChI is InChI=1S/C44H33NS.2C36H25NO/c1-30-29-42(45(35-18-10-5-11-19-35)36-26-24-33(25-27-36)32-14-6-3-7-15-32)31(2)28-41(30)40-23-13-22-39-38-21-12-20-37(43(38)46-44(39)40)34-16-8-4-9-17-34;1-3-11-26(12-4-1)27-21-23-30(24-22-27)37(29-14-5-2-6-15-29)31-16-9-13-28(25-31)32-18-10-19-34-33-17-7-8-20-35(33)38-36(32)34;1-3-10-26(11-4-1)27-18-22-30(23-19-27)37(29-12-5-2-6-13-29)31-24-20-28(21-25-31)32-15-9-16-34-33-14-7-8-17-35(33)38-36(32)34/h3-29H,1-2H3;2*1-25H. The summed E-state index contributed by atoms with van der Waals surface area (Å²) in [5.74, 6) is 0. The number of rotatable bonds is 16. The van der Waals surface area contributed by atoms with Gasteiger partial charge in [0.05, 0.1) is 0 Å². The highest BCUT2D eigenvalue weighted by molar-refractivity contribution is 7.26. The molecule has 0 amide bonds. The zero-order chi connectivity index (χ0) is 81.7. The van der Waals surface area contributed by atoms with Crippen molar-refractivity contribution >= 4 is 127 Å². The second kappa shape index (κ2) is 33.8. The zero-order valence-electron chi connectivity index (χ0n) is 67.5. The van der Waals surface area contributed by atoms with Crippen molar-refractivity contribution in [3.8, 4) is 77.9 Å². The van der Waals surface area contributed by atoms with Gasteiger partial charge in [-0.1, -0.05) is 346 Å². The topological polar surface area (TPSA) is 36.0 Å². The summed E-state index contributed by atoms with van der Waals surface area (Å²) in [6, 6.07) is 165. The molecule has 6 heteroatoms. The third kappa shape index (κ3) is 15.0. The molecule has 0 fully saturated rings. The molecule has 5 nitrogen and oxygen atoms in total. The molecule has 19 aromatic carbocycles. The third-order valence-electron chi connectivity index (χ3n) is 23.1. The Kier molecular flexibility index (Phi) is 20.8. The van der Waals surface area contributed by atoms with Crippen molar-refractivity contribution in [3.63, 3.8) is 0 Å². The average molecular weight is 1580 g/mol. The van der Waals surface area contributed by atoms with E-state index in [1.165, 1.54) is 92.6 Å². The van der Waals surface area contributed by atoms with Crippen LogP contribution in [-0.2, 0) is 0 Å². The van der Waals surface area contributed by atoms with Gasteiger partial charge in [-0.3, -0.25) is 0 Å². The number of anilines is 9. The van der Waals surface area contributed by atoms with E-state index in [2.05, 4.69) is 459 Å². The van der Waals surface area contributed by atoms with Crippen molar-refractivity contribution in [2.45, 2.75) is 13.8 Å². The fourth-order valence-electron chi connectivity index (χ4n) is 17.1. The number of thiophene rings is 1. The Bertz CT molecular complexity index is 7400. The van der Waals surface area contributed by atoms with E-state index in [1.807, 2.05) is 47.7 Å². The van der Waals surface area contributed by atoms with Crippen LogP contribution < -0.4 is 14.7 Å². The highest BCUT2D eigenvalue weighted by Crippen LogP contribution is 2.49. The van der Waals surface area contributed by atoms with Gasteiger partial charge in [0.2, 0.25) is 0 Å². The van der Waals surface area contributed by atoms with Crippen LogP contribution in [0.25, 0.3) is 142 Å². The molecule has 22 rings (SSSR count). The summed E-state index contributed by atoms with van der Waals surface area (Å²) in [6.07, 6.45) is 0. The SMILES string of the molecule is Cc1cc(N(c2ccccc2)c2ccc(-c3ccccc3)cc2)c(C)cc1-c1cccc2c1sc1c(-c3ccccc3)cccc12.c1ccc(-c2ccc(N(c3ccccc3)c3ccc(-c4cccc5c4oc4ccccc45)cc3)cc2)cc1.c1ccc(-c2ccc(N(c3ccccc3)c3cccc(-c4cccc5c4oc4ccccc45)c3)cc2)cc1. The van der Waals surface area contributed by atoms with Gasteiger partial charge in [-0.2, -0.15) is 0 Å². The molecule has 0 aliphatic rings. The van der Waals surface area contributed by atoms with Gasteiger partial charge in [-0.05, 0) is 213 Å². The molecule has 0 atom stereocenters. The molecular formula is C116H83N3O2S. The van der Waals surface area contributed by atoms with E-state index in [-0.39, 0.29) is 0 Å². The van der Waals surface area contributed by atoms with Gasteiger partial charge in [0.25, 0.3) is 0 Å². The van der Waals surface area contributed by atoms with Gasteiger partial charge in [-0.25, -0.2) is 0 Å². The van der Waals surface area contributed by atoms with Crippen LogP contribution in [-0.4, -0.2) is 0 Å². The maximum absolute atomic E-state index is 6.35. The molecule has 0 N–H and O–H groups in total. The number of hydrogen-bond donors (Lipinski definition) is 0. The summed E-state index contributed by atoms with van der Waals surface area (Å²) in [7, 11) is 0. The van der Waals surface area contributed by atoms with Crippen molar-refractivity contribution < 1.29 is 8.83 Å². The van der Waals surface area contributed by atoms with Crippen LogP contribution in [0.4, 0.5) is 51.2 Å². The Balaban J connectivity index is 0.000000117. The minimum Gasteiger partial charge on any atom is -0.455 e. The third-order valence-corrected chi connectivity index (χ3v) is 24.4. The van der Waals surface area contributed by atoms with E-state index in [0.717, 1.165) is 112 Å². The number of furan rings is 2. The second-order valence-corrected chi connectivity index (χ2v) is 31.7. The van der Waals surface area contributed by atoms with Gasteiger partial charge in [0.1, 0.15) is 22.3 Å². The van der Waals surface area contributed by atoms with Crippen molar-refractivity contribution in [1.29, 1.82) is 0 Å². The molecule has 0 spiro atoms. The van der Waals surface area contributed by atoms with Gasteiger partial charge < -0.3 is 23.5 Å². The van der Waals surface area contributed by atoms with E-state index in [0.29, 0.717) is 0 Å². The van der Waals surface area contributed by atoms with Crippen LogP contribution in [0.5, 0.6) is 0 Å². The minimum absolute atomic E-state index is 0.913. The first kappa shape index (κ1) is 75.2. The molecule has 0 saturated carbocycles. The Morgan fingerprint density at radius 2 is 0.467 bits per heavy atom. The van der Waals surface area contributed by atoms with Crippen LogP contribution in [0.2, 0.25) is 0 Å². The van der Waals surface area contributed by atoms with E-state index in [1.54, 1.807) is 0 Å². The number of fused-ring (bicyclic) bond motifs is 9. The second-order valence-electron chi connectivity index (χ2n) is 30.7. The highest BCUT2D eigenvalue weighted by atomic mass is 32.1. The van der Waals surface area contributed by atoms with Crippen LogP contribution >= 0.6 is 11.3 Å². The average Bonchev–Trinajstić information content (AvgIpc) is 1.51. The number of benzene rings is 19. The predicted octanol–water partition coefficient (Wildman–Crippen LogP) is 33.9. The summed E-state index contributed by atoms with van der Waals surface area (Å²) >= 11 is 1.91. The van der Waals surface area contributed by atoms with E-state index >= 15 is 0 Å². The van der Waals surface area contributed by atoms with Crippen molar-refractivity contribution in [2.24, 2.45) is 0 Å². The van der Waals surface area contributed by atoms with Crippen molar-refractivity contribution in [3.05, 3.63) is 478 Å². The Hall–Kier alpha value is -15.6. The maximum Gasteiger partial charge on any atom is 0.143 e. The molecule has 580 valence electrons. The van der Waals surface area contributed by atoms with Gasteiger partial charge >= 0.3 is 0 Å². The summed E-state index contributed by atoms with van der Waals surface area (Å²) in [5, 5.41) is 7.22. The first-order valence-corrected chi connectivity index (χ1v) is 42.3. The maximum atomic E-state index is 6.35. The molecule has 0 saturated heterocycles. The lowest BCUT2D eigenvalue weighted by molar-refractivity contribution is 0.669. The minimum atomic E-state index is 0.913. The number of para-hydroxylation sites is 7. The summed E-state index contributed by atoms with van der Waals surface area (Å²) in [4.78, 5) is 6.98. The molecule has 22 aromatic rings. The zero-order valence-corrected chi connectivity index (χ0v) is 68.3. The predicted molar refractivity (Wildman–Crippen MR) is 518 cm³/mol. The molecule has 3 heterocycles. The summed E-state index contributed by atoms with van der Waals surface area (Å²) < 4.78 is 15.3. The molecule has 3 aromatic heterocycles. The fraction of sp³-hybridized carbons (Fsp3) is 0.0172. The van der Waals surface area contributed by atoms with E-state index in [4.69, 9.17) is 8.83 Å². The Labute approximate surface area is 715 Å². The van der Waals surface area contributed by atoms with Gasteiger partial charge in [0, 0.05) is 104 Å². The van der Waals surface area contributed by atoms with Gasteiger partial charge in [0.15, 0.2) is 0 Å². The van der Waals surface area contributed by atoms with Crippen LogP contribution in [0, 0.1) is 13.8 Å². The first-order valence-electron chi connectivity index (χ1n) is 41.5.